The van der Waals surface area contributed by atoms with Crippen molar-refractivity contribution >= 4 is 11.9 Å². The summed E-state index contributed by atoms with van der Waals surface area (Å²) >= 11 is 0. The van der Waals surface area contributed by atoms with Gasteiger partial charge in [-0.1, -0.05) is 103 Å². The predicted octanol–water partition coefficient (Wildman–Crippen LogP) is 7.91. The molecule has 0 radical (unpaired) electrons. The van der Waals surface area contributed by atoms with Crippen LogP contribution in [0.4, 0.5) is 0 Å². The topological polar surface area (TPSA) is 52.6 Å². The van der Waals surface area contributed by atoms with Crippen LogP contribution < -0.4 is 0 Å². The first-order chi connectivity index (χ1) is 14.7. The van der Waals surface area contributed by atoms with Crippen LogP contribution in [0.1, 0.15) is 142 Å². The van der Waals surface area contributed by atoms with Gasteiger partial charge in [0.15, 0.2) is 0 Å². The highest BCUT2D eigenvalue weighted by molar-refractivity contribution is 5.69. The average molecular weight is 427 g/mol. The lowest BCUT2D eigenvalue weighted by Crippen LogP contribution is -2.05. The van der Waals surface area contributed by atoms with Crippen molar-refractivity contribution in [3.8, 4) is 0 Å². The Morgan fingerprint density at radius 3 is 1.27 bits per heavy atom. The SMILES string of the molecule is CCCCCCCCCCCCCCOC(=O)CCCCCCCCC(=O)OCC. The molecule has 0 amide bonds. The minimum atomic E-state index is -0.0894. The number of unbranched alkanes of at least 4 members (excludes halogenated alkanes) is 16. The second-order valence-electron chi connectivity index (χ2n) is 8.54. The molecule has 0 aliphatic heterocycles. The molecule has 0 saturated carbocycles. The van der Waals surface area contributed by atoms with Crippen LogP contribution in [-0.4, -0.2) is 25.2 Å². The molecule has 0 aromatic carbocycles. The maximum absolute atomic E-state index is 11.7. The normalized spacial score (nSPS) is 10.9. The van der Waals surface area contributed by atoms with Gasteiger partial charge in [0.2, 0.25) is 0 Å². The Bertz CT molecular complexity index is 381. The number of hydrogen-bond acceptors (Lipinski definition) is 4. The first kappa shape index (κ1) is 28.9. The number of carbonyl (C=O) groups is 2. The molecule has 0 spiro atoms. The lowest BCUT2D eigenvalue weighted by atomic mass is 10.1. The minimum Gasteiger partial charge on any atom is -0.466 e. The second-order valence-corrected chi connectivity index (χ2v) is 8.54. The van der Waals surface area contributed by atoms with E-state index in [-0.39, 0.29) is 11.9 Å². The van der Waals surface area contributed by atoms with Crippen LogP contribution in [0.3, 0.4) is 0 Å². The van der Waals surface area contributed by atoms with Crippen molar-refractivity contribution in [3.63, 3.8) is 0 Å². The number of ether oxygens (including phenoxy) is 2. The zero-order valence-electron chi connectivity index (χ0n) is 20.2. The summed E-state index contributed by atoms with van der Waals surface area (Å²) in [6.07, 6.45) is 23.1. The number of esters is 2. The Balaban J connectivity index is 3.19. The summed E-state index contributed by atoms with van der Waals surface area (Å²) in [5, 5.41) is 0. The zero-order valence-corrected chi connectivity index (χ0v) is 20.2. The van der Waals surface area contributed by atoms with E-state index >= 15 is 0 Å². The number of rotatable bonds is 23. The lowest BCUT2D eigenvalue weighted by Gasteiger charge is -2.06. The molecular weight excluding hydrogens is 376 g/mol. The summed E-state index contributed by atoms with van der Waals surface area (Å²) in [5.41, 5.74) is 0. The molecule has 0 fully saturated rings. The van der Waals surface area contributed by atoms with Gasteiger partial charge in [-0.3, -0.25) is 9.59 Å². The van der Waals surface area contributed by atoms with E-state index < -0.39 is 0 Å². The Labute approximate surface area is 186 Å². The van der Waals surface area contributed by atoms with Gasteiger partial charge in [0.05, 0.1) is 13.2 Å². The fourth-order valence-corrected chi connectivity index (χ4v) is 3.68. The predicted molar refractivity (Wildman–Crippen MR) is 126 cm³/mol. The number of hydrogen-bond donors (Lipinski definition) is 0. The first-order valence-electron chi connectivity index (χ1n) is 13.0. The summed E-state index contributed by atoms with van der Waals surface area (Å²) in [6.45, 7) is 5.16. The highest BCUT2D eigenvalue weighted by Crippen LogP contribution is 2.12. The highest BCUT2D eigenvalue weighted by atomic mass is 16.5. The molecule has 0 rings (SSSR count). The molecular formula is C26H50O4. The summed E-state index contributed by atoms with van der Waals surface area (Å²) in [7, 11) is 0. The Morgan fingerprint density at radius 2 is 0.833 bits per heavy atom. The fourth-order valence-electron chi connectivity index (χ4n) is 3.68. The van der Waals surface area contributed by atoms with E-state index in [0.29, 0.717) is 26.1 Å². The molecule has 0 N–H and O–H groups in total. The molecule has 0 atom stereocenters. The van der Waals surface area contributed by atoms with E-state index in [0.717, 1.165) is 44.9 Å². The summed E-state index contributed by atoms with van der Waals surface area (Å²) in [5.74, 6) is -0.131. The van der Waals surface area contributed by atoms with Crippen molar-refractivity contribution in [1.82, 2.24) is 0 Å². The second kappa shape index (κ2) is 24.2. The Kier molecular flexibility index (Phi) is 23.4. The van der Waals surface area contributed by atoms with Gasteiger partial charge in [-0.25, -0.2) is 0 Å². The Hall–Kier alpha value is -1.06. The van der Waals surface area contributed by atoms with E-state index in [9.17, 15) is 9.59 Å². The third-order valence-electron chi connectivity index (χ3n) is 5.58. The zero-order chi connectivity index (χ0) is 22.1. The molecule has 0 heterocycles. The van der Waals surface area contributed by atoms with Gasteiger partial charge in [0.25, 0.3) is 0 Å². The summed E-state index contributed by atoms with van der Waals surface area (Å²) in [6, 6.07) is 0. The summed E-state index contributed by atoms with van der Waals surface area (Å²) < 4.78 is 10.2. The van der Waals surface area contributed by atoms with E-state index in [1.807, 2.05) is 6.92 Å². The standard InChI is InChI=1S/C26H50O4/c1-3-5-6-7-8-9-10-11-12-15-18-21-24-30-26(28)23-20-17-14-13-16-19-22-25(27)29-4-2/h3-24H2,1-2H3. The molecule has 0 aliphatic carbocycles. The van der Waals surface area contributed by atoms with Crippen LogP contribution in [0.5, 0.6) is 0 Å². The molecule has 0 unspecified atom stereocenters. The molecule has 0 aliphatic rings. The minimum absolute atomic E-state index is 0.0413. The monoisotopic (exact) mass is 426 g/mol. The third kappa shape index (κ3) is 23.2. The van der Waals surface area contributed by atoms with Crippen molar-refractivity contribution in [1.29, 1.82) is 0 Å². The molecule has 0 bridgehead atoms. The first-order valence-corrected chi connectivity index (χ1v) is 13.0. The smallest absolute Gasteiger partial charge is 0.305 e. The van der Waals surface area contributed by atoms with E-state index in [4.69, 9.17) is 9.47 Å². The van der Waals surface area contributed by atoms with Crippen molar-refractivity contribution in [2.75, 3.05) is 13.2 Å². The van der Waals surface area contributed by atoms with Crippen molar-refractivity contribution < 1.29 is 19.1 Å². The Morgan fingerprint density at radius 1 is 0.467 bits per heavy atom. The van der Waals surface area contributed by atoms with Crippen LogP contribution in [0.15, 0.2) is 0 Å². The van der Waals surface area contributed by atoms with E-state index in [1.165, 1.54) is 70.6 Å². The van der Waals surface area contributed by atoms with Crippen molar-refractivity contribution in [2.24, 2.45) is 0 Å². The van der Waals surface area contributed by atoms with Crippen LogP contribution in [0.2, 0.25) is 0 Å². The van der Waals surface area contributed by atoms with Crippen LogP contribution in [0.25, 0.3) is 0 Å². The van der Waals surface area contributed by atoms with Crippen molar-refractivity contribution in [3.05, 3.63) is 0 Å². The maximum Gasteiger partial charge on any atom is 0.305 e. The quantitative estimate of drug-likeness (QED) is 0.123. The molecule has 178 valence electrons. The highest BCUT2D eigenvalue weighted by Gasteiger charge is 2.03. The van der Waals surface area contributed by atoms with Gasteiger partial charge in [-0.05, 0) is 26.2 Å². The van der Waals surface area contributed by atoms with Gasteiger partial charge in [-0.2, -0.15) is 0 Å². The average Bonchev–Trinajstić information content (AvgIpc) is 2.73. The van der Waals surface area contributed by atoms with Crippen LogP contribution >= 0.6 is 0 Å². The van der Waals surface area contributed by atoms with Gasteiger partial charge < -0.3 is 9.47 Å². The molecule has 30 heavy (non-hydrogen) atoms. The van der Waals surface area contributed by atoms with Gasteiger partial charge in [-0.15, -0.1) is 0 Å². The fraction of sp³-hybridized carbons (Fsp3) is 0.923. The molecule has 4 heteroatoms. The maximum atomic E-state index is 11.7. The van der Waals surface area contributed by atoms with E-state index in [1.54, 1.807) is 0 Å². The molecule has 0 saturated heterocycles. The van der Waals surface area contributed by atoms with Crippen molar-refractivity contribution in [2.45, 2.75) is 142 Å². The molecule has 0 aromatic heterocycles. The molecule has 0 aromatic rings. The van der Waals surface area contributed by atoms with Gasteiger partial charge >= 0.3 is 11.9 Å². The molecule has 4 nitrogen and oxygen atoms in total. The van der Waals surface area contributed by atoms with Crippen LogP contribution in [0, 0.1) is 0 Å². The van der Waals surface area contributed by atoms with Crippen LogP contribution in [-0.2, 0) is 19.1 Å². The lowest BCUT2D eigenvalue weighted by molar-refractivity contribution is -0.144. The van der Waals surface area contributed by atoms with Gasteiger partial charge in [0, 0.05) is 12.8 Å². The third-order valence-corrected chi connectivity index (χ3v) is 5.58. The summed E-state index contributed by atoms with van der Waals surface area (Å²) in [4.78, 5) is 23.0. The van der Waals surface area contributed by atoms with Gasteiger partial charge in [0.1, 0.15) is 0 Å². The largest absolute Gasteiger partial charge is 0.466 e. The number of carbonyl (C=O) groups excluding carboxylic acids is 2. The van der Waals surface area contributed by atoms with E-state index in [2.05, 4.69) is 6.92 Å².